The maximum absolute atomic E-state index is 12.2. The Hall–Kier alpha value is -2.23. The smallest absolute Gasteiger partial charge is 0.465 e. The number of carbonyl (C=O) groups excluding carboxylic acids is 1. The number of benzene rings is 1. The largest absolute Gasteiger partial charge is 0.573 e. The van der Waals surface area contributed by atoms with Crippen molar-refractivity contribution in [3.8, 4) is 11.8 Å². The first kappa shape index (κ1) is 14.8. The monoisotopic (exact) mass is 273 g/mol. The van der Waals surface area contributed by atoms with E-state index in [1.165, 1.54) is 6.07 Å². The highest BCUT2D eigenvalue weighted by molar-refractivity contribution is 5.92. The van der Waals surface area contributed by atoms with Gasteiger partial charge in [-0.3, -0.25) is 0 Å². The Balaban J connectivity index is 3.36. The highest BCUT2D eigenvalue weighted by Crippen LogP contribution is 2.30. The van der Waals surface area contributed by atoms with Crippen LogP contribution in [0.4, 0.5) is 13.2 Å². The van der Waals surface area contributed by atoms with Crippen molar-refractivity contribution in [3.05, 3.63) is 28.8 Å². The van der Waals surface area contributed by atoms with Crippen LogP contribution in [-0.2, 0) is 11.2 Å². The topological polar surface area (TPSA) is 59.3 Å². The number of carbonyl (C=O) groups is 1. The molecule has 0 aromatic heterocycles. The Labute approximate surface area is 107 Å². The Morgan fingerprint density at radius 3 is 2.47 bits per heavy atom. The maximum atomic E-state index is 12.2. The molecule has 0 spiro atoms. The molecule has 0 amide bonds. The van der Waals surface area contributed by atoms with Crippen LogP contribution in [-0.4, -0.2) is 19.4 Å². The van der Waals surface area contributed by atoms with E-state index >= 15 is 0 Å². The third-order valence-corrected chi connectivity index (χ3v) is 2.33. The summed E-state index contributed by atoms with van der Waals surface area (Å²) in [6, 6.07) is 3.70. The van der Waals surface area contributed by atoms with Crippen LogP contribution in [0.5, 0.6) is 5.75 Å². The van der Waals surface area contributed by atoms with Gasteiger partial charge in [-0.25, -0.2) is 4.79 Å². The first-order chi connectivity index (χ1) is 8.82. The molecule has 19 heavy (non-hydrogen) atoms. The standard InChI is InChI=1S/C12H10F3NO3/c1-3-7-4-9(11(17)18-2)8(6-16)5-10(7)19-12(13,14)15/h4-5H,3H2,1-2H3. The summed E-state index contributed by atoms with van der Waals surface area (Å²) >= 11 is 0. The third kappa shape index (κ3) is 3.61. The molecule has 0 N–H and O–H groups in total. The van der Waals surface area contributed by atoms with E-state index in [9.17, 15) is 18.0 Å². The molecule has 0 aliphatic heterocycles. The number of halogens is 3. The Morgan fingerprint density at radius 2 is 2.05 bits per heavy atom. The molecule has 0 unspecified atom stereocenters. The predicted molar refractivity (Wildman–Crippen MR) is 58.6 cm³/mol. The minimum atomic E-state index is -4.86. The van der Waals surface area contributed by atoms with Gasteiger partial charge in [0.25, 0.3) is 0 Å². The normalized spacial score (nSPS) is 10.7. The molecule has 4 nitrogen and oxygen atoms in total. The predicted octanol–water partition coefficient (Wildman–Crippen LogP) is 2.81. The van der Waals surface area contributed by atoms with Gasteiger partial charge < -0.3 is 9.47 Å². The number of rotatable bonds is 3. The van der Waals surface area contributed by atoms with Gasteiger partial charge >= 0.3 is 12.3 Å². The molecule has 0 atom stereocenters. The van der Waals surface area contributed by atoms with Crippen molar-refractivity contribution in [2.75, 3.05) is 7.11 Å². The fraction of sp³-hybridized carbons (Fsp3) is 0.333. The lowest BCUT2D eigenvalue weighted by molar-refractivity contribution is -0.274. The van der Waals surface area contributed by atoms with Crippen LogP contribution in [0.3, 0.4) is 0 Å². The molecular formula is C12H10F3NO3. The first-order valence-electron chi connectivity index (χ1n) is 5.23. The molecule has 0 bridgehead atoms. The Bertz CT molecular complexity index is 532. The van der Waals surface area contributed by atoms with Gasteiger partial charge in [-0.05, 0) is 24.1 Å². The summed E-state index contributed by atoms with van der Waals surface area (Å²) in [5, 5.41) is 8.85. The minimum Gasteiger partial charge on any atom is -0.465 e. The van der Waals surface area contributed by atoms with Crippen molar-refractivity contribution >= 4 is 5.97 Å². The van der Waals surface area contributed by atoms with E-state index in [0.717, 1.165) is 13.2 Å². The van der Waals surface area contributed by atoms with E-state index in [0.29, 0.717) is 0 Å². The molecule has 0 saturated carbocycles. The second-order valence-electron chi connectivity index (χ2n) is 3.51. The van der Waals surface area contributed by atoms with Gasteiger partial charge in [0.2, 0.25) is 0 Å². The second kappa shape index (κ2) is 5.61. The molecule has 0 saturated heterocycles. The number of ether oxygens (including phenoxy) is 2. The van der Waals surface area contributed by atoms with Gasteiger partial charge in [-0.1, -0.05) is 6.92 Å². The SMILES string of the molecule is CCc1cc(C(=O)OC)c(C#N)cc1OC(F)(F)F. The van der Waals surface area contributed by atoms with Gasteiger partial charge in [0.15, 0.2) is 0 Å². The molecule has 0 heterocycles. The number of alkyl halides is 3. The van der Waals surface area contributed by atoms with Crippen LogP contribution < -0.4 is 4.74 Å². The molecular weight excluding hydrogens is 263 g/mol. The van der Waals surface area contributed by atoms with E-state index in [1.54, 1.807) is 13.0 Å². The Kier molecular flexibility index (Phi) is 4.38. The quantitative estimate of drug-likeness (QED) is 0.794. The van der Waals surface area contributed by atoms with Gasteiger partial charge in [0, 0.05) is 0 Å². The number of nitriles is 1. The summed E-state index contributed by atoms with van der Waals surface area (Å²) in [7, 11) is 1.12. The Morgan fingerprint density at radius 1 is 1.42 bits per heavy atom. The second-order valence-corrected chi connectivity index (χ2v) is 3.51. The number of hydrogen-bond donors (Lipinski definition) is 0. The molecule has 0 aliphatic rings. The van der Waals surface area contributed by atoms with E-state index in [1.807, 2.05) is 0 Å². The van der Waals surface area contributed by atoms with Crippen LogP contribution in [0.1, 0.15) is 28.4 Å². The lowest BCUT2D eigenvalue weighted by Gasteiger charge is -2.14. The zero-order valence-electron chi connectivity index (χ0n) is 10.2. The zero-order chi connectivity index (χ0) is 14.6. The van der Waals surface area contributed by atoms with E-state index in [2.05, 4.69) is 9.47 Å². The lowest BCUT2D eigenvalue weighted by Crippen LogP contribution is -2.18. The molecule has 1 rings (SSSR count). The molecule has 102 valence electrons. The van der Waals surface area contributed by atoms with Gasteiger partial charge in [0.05, 0.1) is 18.2 Å². The number of aryl methyl sites for hydroxylation is 1. The van der Waals surface area contributed by atoms with Crippen molar-refractivity contribution in [2.24, 2.45) is 0 Å². The molecule has 7 heteroatoms. The number of esters is 1. The molecule has 0 fully saturated rings. The number of methoxy groups -OCH3 is 1. The molecule has 0 aliphatic carbocycles. The summed E-state index contributed by atoms with van der Waals surface area (Å²) in [6.07, 6.45) is -4.65. The summed E-state index contributed by atoms with van der Waals surface area (Å²) < 4.78 is 45.0. The average Bonchev–Trinajstić information content (AvgIpc) is 2.35. The summed E-state index contributed by atoms with van der Waals surface area (Å²) in [4.78, 5) is 11.4. The minimum absolute atomic E-state index is 0.0867. The van der Waals surface area contributed by atoms with Crippen molar-refractivity contribution < 1.29 is 27.4 Å². The maximum Gasteiger partial charge on any atom is 0.573 e. The number of nitrogens with zero attached hydrogens (tertiary/aromatic N) is 1. The van der Waals surface area contributed by atoms with Gasteiger partial charge in [0.1, 0.15) is 11.8 Å². The van der Waals surface area contributed by atoms with E-state index < -0.39 is 18.1 Å². The van der Waals surface area contributed by atoms with E-state index in [-0.39, 0.29) is 23.1 Å². The van der Waals surface area contributed by atoms with E-state index in [4.69, 9.17) is 5.26 Å². The molecule has 0 radical (unpaired) electrons. The van der Waals surface area contributed by atoms with Crippen molar-refractivity contribution in [1.82, 2.24) is 0 Å². The van der Waals surface area contributed by atoms with Gasteiger partial charge in [-0.2, -0.15) is 5.26 Å². The summed E-state index contributed by atoms with van der Waals surface area (Å²) in [5.41, 5.74) is -0.156. The third-order valence-electron chi connectivity index (χ3n) is 2.33. The molecule has 1 aromatic rings. The fourth-order valence-corrected chi connectivity index (χ4v) is 1.49. The van der Waals surface area contributed by atoms with Crippen LogP contribution in [0, 0.1) is 11.3 Å². The van der Waals surface area contributed by atoms with Crippen molar-refractivity contribution in [2.45, 2.75) is 19.7 Å². The van der Waals surface area contributed by atoms with Crippen LogP contribution in [0.2, 0.25) is 0 Å². The van der Waals surface area contributed by atoms with Crippen LogP contribution in [0.25, 0.3) is 0 Å². The van der Waals surface area contributed by atoms with Crippen molar-refractivity contribution in [1.29, 1.82) is 5.26 Å². The van der Waals surface area contributed by atoms with Crippen molar-refractivity contribution in [3.63, 3.8) is 0 Å². The lowest BCUT2D eigenvalue weighted by atomic mass is 10.0. The average molecular weight is 273 g/mol. The first-order valence-corrected chi connectivity index (χ1v) is 5.23. The number of hydrogen-bond acceptors (Lipinski definition) is 4. The highest BCUT2D eigenvalue weighted by Gasteiger charge is 2.32. The summed E-state index contributed by atoms with van der Waals surface area (Å²) in [6.45, 7) is 1.60. The van der Waals surface area contributed by atoms with Gasteiger partial charge in [-0.15, -0.1) is 13.2 Å². The van der Waals surface area contributed by atoms with Crippen LogP contribution >= 0.6 is 0 Å². The highest BCUT2D eigenvalue weighted by atomic mass is 19.4. The zero-order valence-corrected chi connectivity index (χ0v) is 10.2. The van der Waals surface area contributed by atoms with Crippen LogP contribution in [0.15, 0.2) is 12.1 Å². The molecule has 1 aromatic carbocycles. The summed E-state index contributed by atoms with van der Waals surface area (Å²) in [5.74, 6) is -1.27. The fourth-order valence-electron chi connectivity index (χ4n) is 1.49.